The van der Waals surface area contributed by atoms with Crippen LogP contribution in [0.4, 0.5) is 0 Å². The molecule has 0 aromatic heterocycles. The largest absolute Gasteiger partial charge is 0.504 e. The maximum Gasteiger partial charge on any atom is 0.446 e. The van der Waals surface area contributed by atoms with Gasteiger partial charge in [0.1, 0.15) is 5.78 Å². The quantitative estimate of drug-likeness (QED) is 0.385. The first-order valence-electron chi connectivity index (χ1n) is 6.16. The second-order valence-electron chi connectivity index (χ2n) is 4.44. The number of carbonyl (C=O) groups is 1. The van der Waals surface area contributed by atoms with E-state index in [2.05, 4.69) is 17.3 Å². The van der Waals surface area contributed by atoms with Gasteiger partial charge in [-0.15, -0.1) is 0 Å². The zero-order valence-corrected chi connectivity index (χ0v) is 12.9. The molecule has 7 heteroatoms. The summed E-state index contributed by atoms with van der Waals surface area (Å²) >= 11 is 0. The van der Waals surface area contributed by atoms with Crippen LogP contribution in [0.3, 0.4) is 0 Å². The Bertz CT molecular complexity index is 568. The number of aliphatic hydroxyl groups excluding tert-OH is 1. The molecule has 0 heterocycles. The number of Topliss-reactive ketones (excluding diaryl/α,β-unsaturated/α-hetero) is 1. The molecular weight excluding hydrogens is 296 g/mol. The maximum absolute atomic E-state index is 11.2. The zero-order valence-electron chi connectivity index (χ0n) is 12.1. The molecule has 0 amide bonds. The van der Waals surface area contributed by atoms with Gasteiger partial charge in [0.25, 0.3) is 0 Å². The molecule has 0 spiro atoms. The highest BCUT2D eigenvalue weighted by Crippen LogP contribution is 2.18. The van der Waals surface area contributed by atoms with Crippen molar-refractivity contribution in [1.82, 2.24) is 0 Å². The molecular formula is C14H20O6S. The first-order chi connectivity index (χ1) is 9.60. The monoisotopic (exact) mass is 316 g/mol. The fraction of sp³-hybridized carbons (Fsp3) is 0.357. The summed E-state index contributed by atoms with van der Waals surface area (Å²) in [5.41, 5.74) is 0.537. The summed E-state index contributed by atoms with van der Waals surface area (Å²) in [5.74, 6) is -1.14. The Balaban J connectivity index is 5.27. The molecule has 0 aliphatic carbocycles. The van der Waals surface area contributed by atoms with Crippen LogP contribution in [0.25, 0.3) is 0 Å². The average Bonchev–Trinajstić information content (AvgIpc) is 2.39. The molecule has 6 nitrogen and oxygen atoms in total. The van der Waals surface area contributed by atoms with E-state index in [9.17, 15) is 18.3 Å². The van der Waals surface area contributed by atoms with Crippen LogP contribution in [0.5, 0.6) is 0 Å². The van der Waals surface area contributed by atoms with E-state index >= 15 is 0 Å². The maximum atomic E-state index is 11.2. The van der Waals surface area contributed by atoms with Crippen molar-refractivity contribution in [3.8, 4) is 0 Å². The number of ketones is 1. The van der Waals surface area contributed by atoms with Gasteiger partial charge in [-0.2, -0.15) is 8.42 Å². The van der Waals surface area contributed by atoms with Crippen LogP contribution >= 0.6 is 0 Å². The van der Waals surface area contributed by atoms with Crippen LogP contribution in [0.1, 0.15) is 26.7 Å². The lowest BCUT2D eigenvalue weighted by Gasteiger charge is -2.09. The Morgan fingerprint density at radius 1 is 1.33 bits per heavy atom. The highest BCUT2D eigenvalue weighted by Gasteiger charge is 2.13. The van der Waals surface area contributed by atoms with E-state index in [-0.39, 0.29) is 11.7 Å². The Labute approximate surface area is 125 Å². The first kappa shape index (κ1) is 19.1. The lowest BCUT2D eigenvalue weighted by molar-refractivity contribution is -0.120. The van der Waals surface area contributed by atoms with Gasteiger partial charge in [-0.25, -0.2) is 0 Å². The summed E-state index contributed by atoms with van der Waals surface area (Å²) in [6.07, 6.45) is 4.57. The second-order valence-corrected chi connectivity index (χ2v) is 5.46. The van der Waals surface area contributed by atoms with Gasteiger partial charge < -0.3 is 9.29 Å². The lowest BCUT2D eigenvalue weighted by atomic mass is 9.97. The number of carbonyl (C=O) groups excluding carboxylic acids is 1. The van der Waals surface area contributed by atoms with Gasteiger partial charge >= 0.3 is 10.4 Å². The normalized spacial score (nSPS) is 14.9. The molecule has 0 radical (unpaired) electrons. The van der Waals surface area contributed by atoms with Crippen molar-refractivity contribution < 1.29 is 27.1 Å². The van der Waals surface area contributed by atoms with Crippen LogP contribution in [0, 0.1) is 5.92 Å². The summed E-state index contributed by atoms with van der Waals surface area (Å²) in [6.45, 7) is 10.1. The molecule has 0 aliphatic rings. The summed E-state index contributed by atoms with van der Waals surface area (Å²) in [5, 5.41) is 9.52. The van der Waals surface area contributed by atoms with E-state index in [0.29, 0.717) is 18.4 Å². The highest BCUT2D eigenvalue weighted by atomic mass is 32.3. The third kappa shape index (κ3) is 8.11. The fourth-order valence-corrected chi connectivity index (χ4v) is 1.70. The number of hydrogen-bond donors (Lipinski definition) is 2. The lowest BCUT2D eigenvalue weighted by Crippen LogP contribution is -2.07. The van der Waals surface area contributed by atoms with Crippen molar-refractivity contribution in [2.75, 3.05) is 0 Å². The van der Waals surface area contributed by atoms with Gasteiger partial charge in [-0.3, -0.25) is 9.35 Å². The molecule has 0 aliphatic heterocycles. The Morgan fingerprint density at radius 2 is 1.90 bits per heavy atom. The van der Waals surface area contributed by atoms with Crippen molar-refractivity contribution in [3.05, 3.63) is 48.5 Å². The zero-order chi connectivity index (χ0) is 16.6. The van der Waals surface area contributed by atoms with Crippen LogP contribution in [0.2, 0.25) is 0 Å². The van der Waals surface area contributed by atoms with Crippen molar-refractivity contribution in [1.29, 1.82) is 0 Å². The van der Waals surface area contributed by atoms with Crippen LogP contribution in [0.15, 0.2) is 48.5 Å². The molecule has 0 fully saturated rings. The predicted octanol–water partition coefficient (Wildman–Crippen LogP) is 2.88. The third-order valence-electron chi connectivity index (χ3n) is 2.78. The molecule has 1 unspecified atom stereocenters. The number of rotatable bonds is 9. The van der Waals surface area contributed by atoms with Gasteiger partial charge in [0, 0.05) is 5.92 Å². The van der Waals surface area contributed by atoms with E-state index in [1.54, 1.807) is 6.92 Å². The van der Waals surface area contributed by atoms with Gasteiger partial charge in [0.15, 0.2) is 11.5 Å². The van der Waals surface area contributed by atoms with E-state index in [1.165, 1.54) is 19.1 Å². The third-order valence-corrected chi connectivity index (χ3v) is 3.17. The van der Waals surface area contributed by atoms with Gasteiger partial charge in [0.2, 0.25) is 0 Å². The molecule has 1 atom stereocenters. The summed E-state index contributed by atoms with van der Waals surface area (Å²) in [6, 6.07) is 0. The molecule has 0 aromatic rings. The fourth-order valence-electron chi connectivity index (χ4n) is 1.34. The molecule has 0 bridgehead atoms. The second kappa shape index (κ2) is 8.43. The standard InChI is InChI=1S/C14H20O6S/c1-5-12(8-7-10(3)11(4)15)9-14(13(16)6-2)20-21(17,18)19/h5-6,9-10,16H,1-2,7-8H2,3-4H3,(H,17,18,19)/b12-9+,14-13-. The van der Waals surface area contributed by atoms with Gasteiger partial charge in [-0.1, -0.05) is 26.2 Å². The smallest absolute Gasteiger partial charge is 0.446 e. The van der Waals surface area contributed by atoms with E-state index in [0.717, 1.165) is 6.08 Å². The molecule has 0 aromatic carbocycles. The SMILES string of the molecule is C=C/C(=C\C(OS(=O)(=O)O)=C(\O)C=C)CCC(C)C(C)=O. The Hall–Kier alpha value is -1.86. The number of aliphatic hydroxyl groups is 1. The average molecular weight is 316 g/mol. The van der Waals surface area contributed by atoms with Crippen LogP contribution < -0.4 is 0 Å². The number of allylic oxidation sites excluding steroid dienone is 4. The predicted molar refractivity (Wildman–Crippen MR) is 79.8 cm³/mol. The van der Waals surface area contributed by atoms with Crippen molar-refractivity contribution in [3.63, 3.8) is 0 Å². The van der Waals surface area contributed by atoms with E-state index in [4.69, 9.17) is 4.55 Å². The number of hydrogen-bond acceptors (Lipinski definition) is 5. The minimum absolute atomic E-state index is 0.0392. The van der Waals surface area contributed by atoms with Crippen molar-refractivity contribution >= 4 is 16.2 Å². The molecule has 0 rings (SSSR count). The van der Waals surface area contributed by atoms with E-state index < -0.39 is 21.9 Å². The minimum Gasteiger partial charge on any atom is -0.504 e. The molecule has 0 saturated heterocycles. The Kier molecular flexibility index (Phi) is 7.69. The summed E-state index contributed by atoms with van der Waals surface area (Å²) in [7, 11) is -4.78. The topological polar surface area (TPSA) is 101 Å². The molecule has 0 saturated carbocycles. The van der Waals surface area contributed by atoms with Crippen LogP contribution in [-0.2, 0) is 19.4 Å². The van der Waals surface area contributed by atoms with Gasteiger partial charge in [0.05, 0.1) is 0 Å². The van der Waals surface area contributed by atoms with E-state index in [1.807, 2.05) is 0 Å². The molecule has 118 valence electrons. The first-order valence-corrected chi connectivity index (χ1v) is 7.53. The van der Waals surface area contributed by atoms with Gasteiger partial charge in [-0.05, 0) is 37.5 Å². The van der Waals surface area contributed by atoms with Crippen molar-refractivity contribution in [2.24, 2.45) is 5.92 Å². The highest BCUT2D eigenvalue weighted by molar-refractivity contribution is 7.81. The van der Waals surface area contributed by atoms with Crippen LogP contribution in [-0.4, -0.2) is 23.9 Å². The van der Waals surface area contributed by atoms with Crippen molar-refractivity contribution in [2.45, 2.75) is 26.7 Å². The summed E-state index contributed by atoms with van der Waals surface area (Å²) in [4.78, 5) is 11.2. The summed E-state index contributed by atoms with van der Waals surface area (Å²) < 4.78 is 34.4. The molecule has 21 heavy (non-hydrogen) atoms. The minimum atomic E-state index is -4.78. The molecule has 2 N–H and O–H groups in total. The Morgan fingerprint density at radius 3 is 2.29 bits per heavy atom.